The first-order valence-corrected chi connectivity index (χ1v) is 10.7. The Hall–Kier alpha value is -3.46. The summed E-state index contributed by atoms with van der Waals surface area (Å²) in [6, 6.07) is 9.03. The van der Waals surface area contributed by atoms with E-state index in [1.807, 2.05) is 0 Å². The summed E-state index contributed by atoms with van der Waals surface area (Å²) in [5.41, 5.74) is 1.01. The zero-order valence-electron chi connectivity index (χ0n) is 15.9. The summed E-state index contributed by atoms with van der Waals surface area (Å²) in [7, 11) is -1.91. The fourth-order valence-electron chi connectivity index (χ4n) is 3.14. The smallest absolute Gasteiger partial charge is 0.274 e. The van der Waals surface area contributed by atoms with Gasteiger partial charge in [-0.2, -0.15) is 0 Å². The Kier molecular flexibility index (Phi) is 4.70. The normalized spacial score (nSPS) is 11.7. The van der Waals surface area contributed by atoms with Crippen LogP contribution in [0.5, 0.6) is 11.5 Å². The number of ether oxygens (including phenoxy) is 1. The number of sulfone groups is 1. The number of nitrogens with one attached hydrogen (secondary N) is 1. The van der Waals surface area contributed by atoms with Gasteiger partial charge in [-0.05, 0) is 36.4 Å². The van der Waals surface area contributed by atoms with Crippen LogP contribution in [0.1, 0.15) is 0 Å². The minimum atomic E-state index is -3.53. The fraction of sp³-hybridized carbons (Fsp3) is 0.0952. The molecular formula is C21H16F2N2O4S. The number of rotatable bonds is 4. The summed E-state index contributed by atoms with van der Waals surface area (Å²) < 4.78 is 58.1. The molecule has 0 bridgehead atoms. The van der Waals surface area contributed by atoms with Crippen LogP contribution in [0.3, 0.4) is 0 Å². The summed E-state index contributed by atoms with van der Waals surface area (Å²) in [6.45, 7) is 0. The van der Waals surface area contributed by atoms with Crippen molar-refractivity contribution in [1.29, 1.82) is 0 Å². The van der Waals surface area contributed by atoms with Gasteiger partial charge in [-0.1, -0.05) is 0 Å². The number of fused-ring (bicyclic) bond motifs is 1. The maximum absolute atomic E-state index is 13.6. The van der Waals surface area contributed by atoms with Gasteiger partial charge in [0.05, 0.1) is 4.90 Å². The SMILES string of the molecule is Cn1ccc2c(-c3cc(S(C)(=O)=O)ccc3Oc3ccc(F)c(F)c3)c[nH]c2c1=O. The van der Waals surface area contributed by atoms with Crippen molar-refractivity contribution in [1.82, 2.24) is 9.55 Å². The standard InChI is InChI=1S/C21H16F2N2O4S/c1-25-8-7-14-16(11-24-20(14)21(25)26)15-10-13(30(2,27)28)4-6-19(15)29-12-3-5-17(22)18(23)9-12/h3-11,24H,1-2H3. The van der Waals surface area contributed by atoms with Gasteiger partial charge in [-0.3, -0.25) is 4.79 Å². The lowest BCUT2D eigenvalue weighted by Gasteiger charge is -2.13. The molecule has 154 valence electrons. The first-order valence-electron chi connectivity index (χ1n) is 8.79. The zero-order chi connectivity index (χ0) is 21.6. The van der Waals surface area contributed by atoms with E-state index < -0.39 is 21.5 Å². The maximum atomic E-state index is 13.6. The Labute approximate surface area is 170 Å². The highest BCUT2D eigenvalue weighted by Crippen LogP contribution is 2.38. The summed E-state index contributed by atoms with van der Waals surface area (Å²) in [5.74, 6) is -1.83. The van der Waals surface area contributed by atoms with Gasteiger partial charge in [0.15, 0.2) is 21.5 Å². The number of halogens is 2. The fourth-order valence-corrected chi connectivity index (χ4v) is 3.79. The molecule has 0 saturated carbocycles. The Balaban J connectivity index is 1.93. The predicted octanol–water partition coefficient (Wildman–Crippen LogP) is 4.01. The van der Waals surface area contributed by atoms with Crippen molar-refractivity contribution in [3.63, 3.8) is 0 Å². The van der Waals surface area contributed by atoms with Crippen molar-refractivity contribution in [2.24, 2.45) is 7.05 Å². The van der Waals surface area contributed by atoms with E-state index in [0.29, 0.717) is 22.0 Å². The highest BCUT2D eigenvalue weighted by atomic mass is 32.2. The summed E-state index contributed by atoms with van der Waals surface area (Å²) >= 11 is 0. The van der Waals surface area contributed by atoms with Crippen molar-refractivity contribution >= 4 is 20.7 Å². The average molecular weight is 430 g/mol. The molecule has 0 amide bonds. The third-order valence-corrected chi connectivity index (χ3v) is 5.82. The molecule has 30 heavy (non-hydrogen) atoms. The van der Waals surface area contributed by atoms with E-state index >= 15 is 0 Å². The third kappa shape index (κ3) is 3.48. The Bertz CT molecular complexity index is 1460. The molecule has 4 aromatic rings. The molecule has 0 aliphatic carbocycles. The maximum Gasteiger partial charge on any atom is 0.274 e. The summed E-state index contributed by atoms with van der Waals surface area (Å²) in [4.78, 5) is 15.3. The second-order valence-electron chi connectivity index (χ2n) is 6.83. The van der Waals surface area contributed by atoms with Crippen molar-refractivity contribution in [3.8, 4) is 22.6 Å². The van der Waals surface area contributed by atoms with Gasteiger partial charge in [0.2, 0.25) is 0 Å². The van der Waals surface area contributed by atoms with Gasteiger partial charge in [0.25, 0.3) is 5.56 Å². The van der Waals surface area contributed by atoms with E-state index in [1.54, 1.807) is 25.5 Å². The molecule has 6 nitrogen and oxygen atoms in total. The molecule has 2 aromatic carbocycles. The monoisotopic (exact) mass is 430 g/mol. The first-order chi connectivity index (χ1) is 14.1. The molecule has 2 heterocycles. The number of benzene rings is 2. The van der Waals surface area contributed by atoms with Crippen LogP contribution in [-0.4, -0.2) is 24.2 Å². The van der Waals surface area contributed by atoms with Crippen LogP contribution in [-0.2, 0) is 16.9 Å². The van der Waals surface area contributed by atoms with Crippen LogP contribution >= 0.6 is 0 Å². The number of H-pyrrole nitrogens is 1. The van der Waals surface area contributed by atoms with Crippen LogP contribution in [0.25, 0.3) is 22.0 Å². The zero-order valence-corrected chi connectivity index (χ0v) is 16.8. The molecular weight excluding hydrogens is 414 g/mol. The summed E-state index contributed by atoms with van der Waals surface area (Å²) in [5, 5.41) is 0.568. The minimum absolute atomic E-state index is 0.0398. The van der Waals surface area contributed by atoms with Gasteiger partial charge in [-0.15, -0.1) is 0 Å². The molecule has 0 fully saturated rings. The van der Waals surface area contributed by atoms with Crippen molar-refractivity contribution in [2.45, 2.75) is 4.90 Å². The average Bonchev–Trinajstić information content (AvgIpc) is 3.12. The molecule has 0 atom stereocenters. The molecule has 0 radical (unpaired) electrons. The second-order valence-corrected chi connectivity index (χ2v) is 8.85. The lowest BCUT2D eigenvalue weighted by molar-refractivity contribution is 0.462. The Morgan fingerprint density at radius 3 is 2.47 bits per heavy atom. The van der Waals surface area contributed by atoms with E-state index in [0.717, 1.165) is 18.4 Å². The lowest BCUT2D eigenvalue weighted by Crippen LogP contribution is -2.15. The Morgan fingerprint density at radius 1 is 1.00 bits per heavy atom. The van der Waals surface area contributed by atoms with Crippen LogP contribution in [0.15, 0.2) is 64.5 Å². The van der Waals surface area contributed by atoms with E-state index in [-0.39, 0.29) is 22.0 Å². The lowest BCUT2D eigenvalue weighted by atomic mass is 10.0. The third-order valence-electron chi connectivity index (χ3n) is 4.71. The van der Waals surface area contributed by atoms with E-state index in [2.05, 4.69) is 4.98 Å². The Morgan fingerprint density at radius 2 is 1.77 bits per heavy atom. The highest BCUT2D eigenvalue weighted by Gasteiger charge is 2.18. The summed E-state index contributed by atoms with van der Waals surface area (Å²) in [6.07, 6.45) is 4.25. The minimum Gasteiger partial charge on any atom is -0.457 e. The van der Waals surface area contributed by atoms with Crippen molar-refractivity contribution in [3.05, 3.63) is 76.8 Å². The number of aromatic nitrogens is 2. The van der Waals surface area contributed by atoms with Gasteiger partial charge in [0, 0.05) is 48.3 Å². The molecule has 0 spiro atoms. The first kappa shape index (κ1) is 19.8. The number of pyridine rings is 1. The van der Waals surface area contributed by atoms with Gasteiger partial charge in [0.1, 0.15) is 17.0 Å². The largest absolute Gasteiger partial charge is 0.457 e. The number of aryl methyl sites for hydroxylation is 1. The topological polar surface area (TPSA) is 81.2 Å². The van der Waals surface area contributed by atoms with Gasteiger partial charge >= 0.3 is 0 Å². The second kappa shape index (κ2) is 7.10. The molecule has 4 rings (SSSR count). The van der Waals surface area contributed by atoms with Gasteiger partial charge < -0.3 is 14.3 Å². The van der Waals surface area contributed by atoms with Crippen LogP contribution in [0.2, 0.25) is 0 Å². The predicted molar refractivity (Wildman–Crippen MR) is 109 cm³/mol. The highest BCUT2D eigenvalue weighted by molar-refractivity contribution is 7.90. The molecule has 1 N–H and O–H groups in total. The van der Waals surface area contributed by atoms with Crippen molar-refractivity contribution < 1.29 is 21.9 Å². The van der Waals surface area contributed by atoms with Gasteiger partial charge in [-0.25, -0.2) is 17.2 Å². The van der Waals surface area contributed by atoms with E-state index in [1.165, 1.54) is 28.8 Å². The molecule has 2 aromatic heterocycles. The molecule has 0 aliphatic rings. The van der Waals surface area contributed by atoms with Crippen LogP contribution < -0.4 is 10.3 Å². The molecule has 0 unspecified atom stereocenters. The quantitative estimate of drug-likeness (QED) is 0.531. The molecule has 0 saturated heterocycles. The number of hydrogen-bond acceptors (Lipinski definition) is 4. The number of aromatic amines is 1. The molecule has 0 aliphatic heterocycles. The van der Waals surface area contributed by atoms with E-state index in [4.69, 9.17) is 4.74 Å². The van der Waals surface area contributed by atoms with Crippen LogP contribution in [0.4, 0.5) is 8.78 Å². The number of hydrogen-bond donors (Lipinski definition) is 1. The van der Waals surface area contributed by atoms with Crippen molar-refractivity contribution in [2.75, 3.05) is 6.26 Å². The number of nitrogens with zero attached hydrogens (tertiary/aromatic N) is 1. The molecule has 9 heteroatoms. The van der Waals surface area contributed by atoms with Crippen LogP contribution in [0, 0.1) is 11.6 Å². The van der Waals surface area contributed by atoms with E-state index in [9.17, 15) is 22.0 Å².